The standard InChI is InChI=1S/C28H46N4O5/c1-10-13-19(5)30-25(34)24(23-17(3)14-12-15-18(23)4)32(20(6)11-2)26(35)21(16-22(29)33)31-27(36)37-28(7,8)9/h12,14-15,19-21,24H,10-11,13,16H2,1-9H3,(H2,29,33)(H,30,34)(H,31,36). The van der Waals surface area contributed by atoms with E-state index in [0.29, 0.717) is 12.0 Å². The first kappa shape index (κ1) is 31.9. The highest BCUT2D eigenvalue weighted by Gasteiger charge is 2.40. The van der Waals surface area contributed by atoms with Crippen molar-refractivity contribution in [3.05, 3.63) is 34.9 Å². The summed E-state index contributed by atoms with van der Waals surface area (Å²) < 4.78 is 5.32. The summed E-state index contributed by atoms with van der Waals surface area (Å²) in [5.41, 5.74) is 7.08. The topological polar surface area (TPSA) is 131 Å². The molecule has 9 nitrogen and oxygen atoms in total. The zero-order valence-corrected chi connectivity index (χ0v) is 23.9. The van der Waals surface area contributed by atoms with Crippen LogP contribution in [0.5, 0.6) is 0 Å². The van der Waals surface area contributed by atoms with Gasteiger partial charge in [0.15, 0.2) is 0 Å². The van der Waals surface area contributed by atoms with Gasteiger partial charge in [-0.25, -0.2) is 4.79 Å². The first-order valence-electron chi connectivity index (χ1n) is 13.1. The van der Waals surface area contributed by atoms with Crippen LogP contribution in [-0.4, -0.2) is 52.4 Å². The van der Waals surface area contributed by atoms with Gasteiger partial charge in [0.1, 0.15) is 17.7 Å². The average Bonchev–Trinajstić information content (AvgIpc) is 2.75. The summed E-state index contributed by atoms with van der Waals surface area (Å²) in [5.74, 6) is -1.66. The summed E-state index contributed by atoms with van der Waals surface area (Å²) in [7, 11) is 0. The fraction of sp³-hybridized carbons (Fsp3) is 0.643. The minimum Gasteiger partial charge on any atom is -0.444 e. The molecule has 4 amide bonds. The average molecular weight is 519 g/mol. The molecule has 0 aliphatic rings. The molecule has 0 heterocycles. The number of nitrogens with one attached hydrogen (secondary N) is 2. The van der Waals surface area contributed by atoms with Crippen molar-refractivity contribution in [1.82, 2.24) is 15.5 Å². The number of carbonyl (C=O) groups excluding carboxylic acids is 4. The third-order valence-corrected chi connectivity index (χ3v) is 6.17. The molecule has 4 N–H and O–H groups in total. The summed E-state index contributed by atoms with van der Waals surface area (Å²) >= 11 is 0. The van der Waals surface area contributed by atoms with Crippen molar-refractivity contribution >= 4 is 23.8 Å². The zero-order chi connectivity index (χ0) is 28.5. The number of hydrogen-bond acceptors (Lipinski definition) is 5. The lowest BCUT2D eigenvalue weighted by atomic mass is 9.92. The molecule has 0 saturated carbocycles. The van der Waals surface area contributed by atoms with E-state index >= 15 is 0 Å². The number of nitrogens with zero attached hydrogens (tertiary/aromatic N) is 1. The fourth-order valence-electron chi connectivity index (χ4n) is 4.31. The van der Waals surface area contributed by atoms with Crippen molar-refractivity contribution < 1.29 is 23.9 Å². The van der Waals surface area contributed by atoms with Crippen LogP contribution in [0, 0.1) is 13.8 Å². The fourth-order valence-corrected chi connectivity index (χ4v) is 4.31. The molecule has 37 heavy (non-hydrogen) atoms. The molecular weight excluding hydrogens is 472 g/mol. The lowest BCUT2D eigenvalue weighted by Gasteiger charge is -2.39. The number of rotatable bonds is 12. The zero-order valence-electron chi connectivity index (χ0n) is 23.9. The molecule has 0 saturated heterocycles. The van der Waals surface area contributed by atoms with E-state index in [0.717, 1.165) is 24.0 Å². The number of ether oxygens (including phenoxy) is 1. The van der Waals surface area contributed by atoms with Gasteiger partial charge in [0.05, 0.1) is 6.42 Å². The highest BCUT2D eigenvalue weighted by Crippen LogP contribution is 2.31. The van der Waals surface area contributed by atoms with E-state index in [2.05, 4.69) is 10.6 Å². The van der Waals surface area contributed by atoms with Gasteiger partial charge >= 0.3 is 6.09 Å². The second-order valence-corrected chi connectivity index (χ2v) is 10.8. The maximum absolute atomic E-state index is 14.1. The van der Waals surface area contributed by atoms with Gasteiger partial charge < -0.3 is 26.0 Å². The van der Waals surface area contributed by atoms with Crippen LogP contribution < -0.4 is 16.4 Å². The third-order valence-electron chi connectivity index (χ3n) is 6.17. The Hall–Kier alpha value is -3.10. The van der Waals surface area contributed by atoms with Crippen molar-refractivity contribution in [3.8, 4) is 0 Å². The maximum Gasteiger partial charge on any atom is 0.408 e. The number of amides is 4. The van der Waals surface area contributed by atoms with E-state index < -0.39 is 42.0 Å². The molecule has 0 fully saturated rings. The van der Waals surface area contributed by atoms with E-state index in [1.54, 1.807) is 20.8 Å². The summed E-state index contributed by atoms with van der Waals surface area (Å²) in [6.45, 7) is 16.6. The lowest BCUT2D eigenvalue weighted by Crippen LogP contribution is -2.57. The van der Waals surface area contributed by atoms with Crippen LogP contribution in [0.2, 0.25) is 0 Å². The van der Waals surface area contributed by atoms with E-state index in [1.807, 2.05) is 59.7 Å². The van der Waals surface area contributed by atoms with Gasteiger partial charge in [-0.2, -0.15) is 0 Å². The molecule has 0 spiro atoms. The van der Waals surface area contributed by atoms with E-state index in [9.17, 15) is 19.2 Å². The van der Waals surface area contributed by atoms with E-state index in [-0.39, 0.29) is 18.0 Å². The monoisotopic (exact) mass is 518 g/mol. The highest BCUT2D eigenvalue weighted by atomic mass is 16.6. The van der Waals surface area contributed by atoms with Crippen molar-refractivity contribution in [2.24, 2.45) is 5.73 Å². The quantitative estimate of drug-likeness (QED) is 0.384. The van der Waals surface area contributed by atoms with Gasteiger partial charge in [-0.3, -0.25) is 14.4 Å². The van der Waals surface area contributed by atoms with Crippen molar-refractivity contribution in [1.29, 1.82) is 0 Å². The predicted octanol–water partition coefficient (Wildman–Crippen LogP) is 4.05. The number of primary amides is 1. The Balaban J connectivity index is 3.65. The molecule has 0 aromatic heterocycles. The molecule has 9 heteroatoms. The van der Waals surface area contributed by atoms with Crippen LogP contribution in [-0.2, 0) is 19.1 Å². The second-order valence-electron chi connectivity index (χ2n) is 10.8. The molecule has 208 valence electrons. The Morgan fingerprint density at radius 2 is 1.59 bits per heavy atom. The molecule has 0 bridgehead atoms. The van der Waals surface area contributed by atoms with Gasteiger partial charge in [-0.05, 0) is 78.0 Å². The number of hydrogen-bond donors (Lipinski definition) is 3. The Labute approximate surface area is 221 Å². The van der Waals surface area contributed by atoms with Gasteiger partial charge in [-0.1, -0.05) is 38.5 Å². The molecule has 1 aromatic carbocycles. The first-order chi connectivity index (χ1) is 17.1. The van der Waals surface area contributed by atoms with Crippen molar-refractivity contribution in [2.75, 3.05) is 0 Å². The van der Waals surface area contributed by atoms with Crippen LogP contribution in [0.25, 0.3) is 0 Å². The molecule has 0 radical (unpaired) electrons. The number of aryl methyl sites for hydroxylation is 2. The molecule has 0 aliphatic heterocycles. The van der Waals surface area contributed by atoms with E-state index in [4.69, 9.17) is 10.5 Å². The Bertz CT molecular complexity index is 936. The first-order valence-corrected chi connectivity index (χ1v) is 13.1. The van der Waals surface area contributed by atoms with Gasteiger partial charge in [0, 0.05) is 12.1 Å². The number of alkyl carbamates (subject to hydrolysis) is 1. The molecule has 4 unspecified atom stereocenters. The third kappa shape index (κ3) is 9.70. The largest absolute Gasteiger partial charge is 0.444 e. The highest BCUT2D eigenvalue weighted by molar-refractivity contribution is 5.95. The maximum atomic E-state index is 14.1. The van der Waals surface area contributed by atoms with Crippen molar-refractivity contribution in [2.45, 2.75) is 118 Å². The summed E-state index contributed by atoms with van der Waals surface area (Å²) in [5, 5.41) is 5.58. The SMILES string of the molecule is CCCC(C)NC(=O)C(c1c(C)cccc1C)N(C(=O)C(CC(N)=O)NC(=O)OC(C)(C)C)C(C)CC. The number of carbonyl (C=O) groups is 4. The van der Waals surface area contributed by atoms with E-state index in [1.165, 1.54) is 4.90 Å². The van der Waals surface area contributed by atoms with Crippen LogP contribution in [0.15, 0.2) is 18.2 Å². The molecule has 1 rings (SSSR count). The lowest BCUT2D eigenvalue weighted by molar-refractivity contribution is -0.146. The number of nitrogens with two attached hydrogens (primary N) is 1. The second kappa shape index (κ2) is 14.0. The van der Waals surface area contributed by atoms with Gasteiger partial charge in [0.2, 0.25) is 17.7 Å². The smallest absolute Gasteiger partial charge is 0.408 e. The van der Waals surface area contributed by atoms with Gasteiger partial charge in [0.25, 0.3) is 0 Å². The molecule has 4 atom stereocenters. The van der Waals surface area contributed by atoms with Crippen LogP contribution >= 0.6 is 0 Å². The van der Waals surface area contributed by atoms with Crippen LogP contribution in [0.1, 0.15) is 96.9 Å². The van der Waals surface area contributed by atoms with Crippen molar-refractivity contribution in [3.63, 3.8) is 0 Å². The molecule has 1 aromatic rings. The Kier molecular flexibility index (Phi) is 12.1. The minimum atomic E-state index is -1.30. The summed E-state index contributed by atoms with van der Waals surface area (Å²) in [6.07, 6.45) is 0.941. The Morgan fingerprint density at radius 1 is 1.03 bits per heavy atom. The summed E-state index contributed by atoms with van der Waals surface area (Å²) in [6, 6.07) is 2.94. The minimum absolute atomic E-state index is 0.0977. The molecule has 0 aliphatic carbocycles. The van der Waals surface area contributed by atoms with Crippen LogP contribution in [0.3, 0.4) is 0 Å². The Morgan fingerprint density at radius 3 is 2.05 bits per heavy atom. The summed E-state index contributed by atoms with van der Waals surface area (Å²) in [4.78, 5) is 53.9. The molecular formula is C28H46N4O5. The number of benzene rings is 1. The van der Waals surface area contributed by atoms with Gasteiger partial charge in [-0.15, -0.1) is 0 Å². The normalized spacial score (nSPS) is 14.6. The van der Waals surface area contributed by atoms with Crippen LogP contribution in [0.4, 0.5) is 4.79 Å². The predicted molar refractivity (Wildman–Crippen MR) is 145 cm³/mol.